The number of nitrogens with one attached hydrogen (secondary N) is 2. The number of hydrogen-bond donors (Lipinski definition) is 2. The lowest BCUT2D eigenvalue weighted by Crippen LogP contribution is -2.35. The molecule has 1 aliphatic carbocycles. The van der Waals surface area contributed by atoms with E-state index in [-0.39, 0.29) is 0 Å². The Morgan fingerprint density at radius 2 is 1.85 bits per heavy atom. The third kappa shape index (κ3) is 2.54. The maximum absolute atomic E-state index is 5.51. The van der Waals surface area contributed by atoms with Gasteiger partial charge in [-0.1, -0.05) is 0 Å². The zero-order valence-electron chi connectivity index (χ0n) is 11.9. The van der Waals surface area contributed by atoms with Crippen LogP contribution in [0.5, 0.6) is 0 Å². The van der Waals surface area contributed by atoms with Gasteiger partial charge in [0.15, 0.2) is 7.98 Å². The topological polar surface area (TPSA) is 49.8 Å². The Labute approximate surface area is 124 Å². The minimum atomic E-state index is 0.462. The summed E-state index contributed by atoms with van der Waals surface area (Å²) in [6.07, 6.45) is 6.15. The van der Waals surface area contributed by atoms with Crippen LogP contribution < -0.4 is 10.5 Å². The van der Waals surface area contributed by atoms with E-state index in [2.05, 4.69) is 34.4 Å². The van der Waals surface area contributed by atoms with E-state index in [0.717, 1.165) is 36.3 Å². The average molecular weight is 286 g/mol. The van der Waals surface area contributed by atoms with Crippen LogP contribution >= 0.6 is 11.3 Å². The first-order valence-corrected chi connectivity index (χ1v) is 7.94. The molecule has 20 heavy (non-hydrogen) atoms. The van der Waals surface area contributed by atoms with Crippen LogP contribution in [0.3, 0.4) is 0 Å². The molecule has 3 rings (SSSR count). The lowest BCUT2D eigenvalue weighted by atomic mass is 9.90. The van der Waals surface area contributed by atoms with Crippen LogP contribution in [0.4, 0.5) is 5.82 Å². The standard InChI is InChI=1S/C14H19BN4S/c1-8-9(2)20-14-12(8)13(16-7-17-14)18-10-3-5-11(19-15)6-4-10/h7,10-11,19H,3-6H2,1-2H3,(H,16,17,18). The van der Waals surface area contributed by atoms with Crippen molar-refractivity contribution in [3.63, 3.8) is 0 Å². The second kappa shape index (κ2) is 5.70. The summed E-state index contributed by atoms with van der Waals surface area (Å²) in [5.74, 6) is 0.987. The summed E-state index contributed by atoms with van der Waals surface area (Å²) in [7, 11) is 5.51. The minimum absolute atomic E-state index is 0.462. The van der Waals surface area contributed by atoms with Crippen LogP contribution in [0, 0.1) is 13.8 Å². The van der Waals surface area contributed by atoms with Gasteiger partial charge in [0.2, 0.25) is 0 Å². The third-order valence-corrected chi connectivity index (χ3v) is 5.38. The molecule has 104 valence electrons. The Morgan fingerprint density at radius 1 is 1.15 bits per heavy atom. The van der Waals surface area contributed by atoms with Crippen LogP contribution in [0.25, 0.3) is 10.2 Å². The number of rotatable bonds is 3. The van der Waals surface area contributed by atoms with Crippen LogP contribution in [-0.4, -0.2) is 30.0 Å². The van der Waals surface area contributed by atoms with Crippen molar-refractivity contribution in [3.8, 4) is 0 Å². The molecule has 1 fully saturated rings. The molecular weight excluding hydrogens is 267 g/mol. The second-order valence-corrected chi connectivity index (χ2v) is 6.75. The number of anilines is 1. The summed E-state index contributed by atoms with van der Waals surface area (Å²) in [6.45, 7) is 4.29. The molecule has 0 aliphatic heterocycles. The van der Waals surface area contributed by atoms with Gasteiger partial charge in [-0.25, -0.2) is 9.97 Å². The molecule has 6 heteroatoms. The fourth-order valence-corrected chi connectivity index (χ4v) is 3.89. The summed E-state index contributed by atoms with van der Waals surface area (Å²) < 4.78 is 0. The molecule has 0 aromatic carbocycles. The number of fused-ring (bicyclic) bond motifs is 1. The van der Waals surface area contributed by atoms with Crippen molar-refractivity contribution in [3.05, 3.63) is 16.8 Å². The van der Waals surface area contributed by atoms with Crippen molar-refractivity contribution in [1.82, 2.24) is 15.2 Å². The number of thiophene rings is 1. The molecule has 0 spiro atoms. The molecule has 0 unspecified atom stereocenters. The van der Waals surface area contributed by atoms with Crippen LogP contribution in [0.2, 0.25) is 0 Å². The lowest BCUT2D eigenvalue weighted by Gasteiger charge is -2.29. The molecule has 2 aromatic rings. The lowest BCUT2D eigenvalue weighted by molar-refractivity contribution is 0.393. The summed E-state index contributed by atoms with van der Waals surface area (Å²) in [5.41, 5.74) is 1.30. The first-order valence-electron chi connectivity index (χ1n) is 7.12. The monoisotopic (exact) mass is 286 g/mol. The van der Waals surface area contributed by atoms with Gasteiger partial charge in [0.25, 0.3) is 0 Å². The highest BCUT2D eigenvalue weighted by atomic mass is 32.1. The van der Waals surface area contributed by atoms with Gasteiger partial charge >= 0.3 is 0 Å². The number of aryl methyl sites for hydroxylation is 2. The van der Waals surface area contributed by atoms with E-state index in [1.165, 1.54) is 15.8 Å². The van der Waals surface area contributed by atoms with Crippen molar-refractivity contribution in [1.29, 1.82) is 0 Å². The molecular formula is C14H19BN4S. The van der Waals surface area contributed by atoms with Crippen molar-refractivity contribution in [2.24, 2.45) is 0 Å². The van der Waals surface area contributed by atoms with Gasteiger partial charge in [-0.2, -0.15) is 0 Å². The van der Waals surface area contributed by atoms with E-state index < -0.39 is 0 Å². The molecule has 2 aromatic heterocycles. The Hall–Kier alpha value is -1.14. The zero-order chi connectivity index (χ0) is 14.1. The minimum Gasteiger partial charge on any atom is -0.367 e. The molecule has 2 N–H and O–H groups in total. The van der Waals surface area contributed by atoms with Crippen LogP contribution in [-0.2, 0) is 0 Å². The highest BCUT2D eigenvalue weighted by Crippen LogP contribution is 2.33. The van der Waals surface area contributed by atoms with Gasteiger partial charge in [-0.05, 0) is 51.1 Å². The Kier molecular flexibility index (Phi) is 3.94. The van der Waals surface area contributed by atoms with E-state index in [9.17, 15) is 0 Å². The van der Waals surface area contributed by atoms with Crippen molar-refractivity contribution < 1.29 is 0 Å². The molecule has 0 bridgehead atoms. The van der Waals surface area contributed by atoms with Gasteiger partial charge in [0.1, 0.15) is 17.0 Å². The number of aromatic nitrogens is 2. The van der Waals surface area contributed by atoms with Crippen LogP contribution in [0.15, 0.2) is 6.33 Å². The predicted molar refractivity (Wildman–Crippen MR) is 85.4 cm³/mol. The molecule has 2 heterocycles. The molecule has 4 nitrogen and oxygen atoms in total. The number of hydrogen-bond acceptors (Lipinski definition) is 5. The first-order chi connectivity index (χ1) is 9.69. The Morgan fingerprint density at radius 3 is 2.55 bits per heavy atom. The van der Waals surface area contributed by atoms with E-state index >= 15 is 0 Å². The smallest absolute Gasteiger partial charge is 0.178 e. The molecule has 0 saturated heterocycles. The average Bonchev–Trinajstić information content (AvgIpc) is 2.76. The van der Waals surface area contributed by atoms with Crippen molar-refractivity contribution >= 4 is 35.4 Å². The van der Waals surface area contributed by atoms with E-state index in [4.69, 9.17) is 7.98 Å². The third-order valence-electron chi connectivity index (χ3n) is 4.27. The van der Waals surface area contributed by atoms with Gasteiger partial charge in [0.05, 0.1) is 5.39 Å². The highest BCUT2D eigenvalue weighted by Gasteiger charge is 2.21. The SMILES string of the molecule is [B]NC1CCC(Nc2ncnc3sc(C)c(C)c23)CC1. The molecule has 1 saturated carbocycles. The van der Waals surface area contributed by atoms with Gasteiger partial charge < -0.3 is 10.5 Å². The van der Waals surface area contributed by atoms with Gasteiger partial charge in [-0.3, -0.25) is 0 Å². The van der Waals surface area contributed by atoms with Crippen LogP contribution in [0.1, 0.15) is 36.1 Å². The van der Waals surface area contributed by atoms with Gasteiger partial charge in [0, 0.05) is 10.9 Å². The summed E-state index contributed by atoms with van der Waals surface area (Å²) in [5, 5.41) is 7.68. The molecule has 2 radical (unpaired) electrons. The summed E-state index contributed by atoms with van der Waals surface area (Å²) in [6, 6.07) is 0.945. The second-order valence-electron chi connectivity index (χ2n) is 5.55. The molecule has 0 amide bonds. The van der Waals surface area contributed by atoms with Crippen molar-refractivity contribution in [2.45, 2.75) is 51.6 Å². The maximum Gasteiger partial charge on any atom is 0.178 e. The maximum atomic E-state index is 5.51. The van der Waals surface area contributed by atoms with E-state index in [0.29, 0.717) is 12.1 Å². The number of nitrogens with zero attached hydrogens (tertiary/aromatic N) is 2. The fraction of sp³-hybridized carbons (Fsp3) is 0.571. The normalized spacial score (nSPS) is 23.1. The fourth-order valence-electron chi connectivity index (χ4n) is 2.89. The Balaban J connectivity index is 1.81. The quantitative estimate of drug-likeness (QED) is 0.852. The van der Waals surface area contributed by atoms with Crippen molar-refractivity contribution in [2.75, 3.05) is 5.32 Å². The zero-order valence-corrected chi connectivity index (χ0v) is 12.8. The predicted octanol–water partition coefficient (Wildman–Crippen LogP) is 2.70. The van der Waals surface area contributed by atoms with E-state index in [1.807, 2.05) is 0 Å². The summed E-state index contributed by atoms with van der Waals surface area (Å²) >= 11 is 1.74. The molecule has 0 atom stereocenters. The summed E-state index contributed by atoms with van der Waals surface area (Å²) in [4.78, 5) is 11.2. The van der Waals surface area contributed by atoms with Gasteiger partial charge in [-0.15, -0.1) is 11.3 Å². The first kappa shape index (κ1) is 13.8. The molecule has 1 aliphatic rings. The largest absolute Gasteiger partial charge is 0.367 e. The highest BCUT2D eigenvalue weighted by molar-refractivity contribution is 7.18. The Bertz CT molecular complexity index is 604. The van der Waals surface area contributed by atoms with E-state index in [1.54, 1.807) is 17.7 Å².